The number of imidazole rings is 1. The number of nitrogens with zero attached hydrogens (tertiary/aromatic N) is 3. The van der Waals surface area contributed by atoms with Gasteiger partial charge in [0, 0.05) is 50.3 Å². The summed E-state index contributed by atoms with van der Waals surface area (Å²) in [5.74, 6) is 1.86. The minimum atomic E-state index is 0. The van der Waals surface area contributed by atoms with Crippen molar-refractivity contribution in [1.82, 2.24) is 9.55 Å². The molecule has 0 unspecified atom stereocenters. The summed E-state index contributed by atoms with van der Waals surface area (Å²) >= 11 is 0. The fraction of sp³-hybridized carbons (Fsp3) is 0.400. The molecule has 4 heteroatoms. The van der Waals surface area contributed by atoms with Crippen LogP contribution in [0, 0.1) is 17.5 Å². The fourth-order valence-corrected chi connectivity index (χ4v) is 5.93. The van der Waals surface area contributed by atoms with Gasteiger partial charge in [0.2, 0.25) is 0 Å². The van der Waals surface area contributed by atoms with Crippen LogP contribution in [0.25, 0.3) is 17.1 Å². The summed E-state index contributed by atoms with van der Waals surface area (Å²) in [4.78, 5) is 7.07. The largest absolute Gasteiger partial charge is 0.388 e. The third-order valence-electron chi connectivity index (χ3n) is 7.39. The zero-order valence-corrected chi connectivity index (χ0v) is 27.1. The Hall–Kier alpha value is -2.68. The maximum atomic E-state index is 4.60. The van der Waals surface area contributed by atoms with Crippen LogP contribution in [0.4, 0.5) is 5.69 Å². The number of anilines is 1. The second-order valence-corrected chi connectivity index (χ2v) is 12.5. The Bertz CT molecular complexity index is 1290. The van der Waals surface area contributed by atoms with Gasteiger partial charge in [0.05, 0.1) is 5.82 Å². The van der Waals surface area contributed by atoms with Gasteiger partial charge in [0.25, 0.3) is 0 Å². The molecule has 2 heterocycles. The van der Waals surface area contributed by atoms with E-state index in [1.807, 2.05) is 36.5 Å². The Morgan fingerprint density at radius 3 is 1.90 bits per heavy atom. The fourth-order valence-electron chi connectivity index (χ4n) is 5.93. The topological polar surface area (TPSA) is 21.1 Å². The molecule has 0 N–H and O–H groups in total. The van der Waals surface area contributed by atoms with Crippen molar-refractivity contribution in [3.63, 3.8) is 0 Å². The van der Waals surface area contributed by atoms with E-state index in [1.54, 1.807) is 0 Å². The van der Waals surface area contributed by atoms with Crippen LogP contribution >= 0.6 is 0 Å². The molecule has 3 aromatic carbocycles. The van der Waals surface area contributed by atoms with Gasteiger partial charge in [0.1, 0.15) is 0 Å². The van der Waals surface area contributed by atoms with Gasteiger partial charge in [-0.2, -0.15) is 24.3 Å². The molecular weight excluding hydrogens is 655 g/mol. The number of aromatic nitrogens is 2. The zero-order valence-electron chi connectivity index (χ0n) is 24.7. The average Bonchev–Trinajstić information content (AvgIpc) is 3.45. The van der Waals surface area contributed by atoms with Crippen molar-refractivity contribution in [3.05, 3.63) is 102 Å². The van der Waals surface area contributed by atoms with E-state index in [0.717, 1.165) is 17.9 Å². The molecule has 1 saturated heterocycles. The molecule has 3 nitrogen and oxygen atoms in total. The molecule has 1 aliphatic rings. The Kier molecular flexibility index (Phi) is 10.0. The number of hydrogen-bond acceptors (Lipinski definition) is 2. The predicted molar refractivity (Wildman–Crippen MR) is 161 cm³/mol. The van der Waals surface area contributed by atoms with Crippen molar-refractivity contribution in [2.75, 3.05) is 11.4 Å². The molecule has 5 rings (SSSR count). The van der Waals surface area contributed by atoms with Gasteiger partial charge < -0.3 is 9.47 Å². The summed E-state index contributed by atoms with van der Waals surface area (Å²) in [7, 11) is 0. The van der Waals surface area contributed by atoms with Crippen LogP contribution in [0.2, 0.25) is 0 Å². The Labute approximate surface area is 250 Å². The van der Waals surface area contributed by atoms with Crippen LogP contribution in [-0.4, -0.2) is 21.6 Å². The molecule has 0 amide bonds. The van der Waals surface area contributed by atoms with Crippen LogP contribution < -0.4 is 4.90 Å². The molecular formula is C35H43IrN3-2. The van der Waals surface area contributed by atoms with E-state index < -0.39 is 0 Å². The minimum Gasteiger partial charge on any atom is -0.388 e. The van der Waals surface area contributed by atoms with Gasteiger partial charge >= 0.3 is 0 Å². The Balaban J connectivity index is 0.000000228. The van der Waals surface area contributed by atoms with Gasteiger partial charge in [-0.15, -0.1) is 42.0 Å². The Morgan fingerprint density at radius 2 is 1.41 bits per heavy atom. The monoisotopic (exact) mass is 698 g/mol. The molecule has 0 atom stereocenters. The van der Waals surface area contributed by atoms with Gasteiger partial charge in [-0.25, -0.2) is 0 Å². The van der Waals surface area contributed by atoms with Crippen molar-refractivity contribution >= 4 is 5.69 Å². The van der Waals surface area contributed by atoms with Crippen molar-refractivity contribution in [2.24, 2.45) is 5.41 Å². The van der Waals surface area contributed by atoms with Gasteiger partial charge in [-0.05, 0) is 48.6 Å². The third-order valence-corrected chi connectivity index (χ3v) is 7.39. The number of rotatable bonds is 5. The molecule has 1 radical (unpaired) electrons. The molecule has 39 heavy (non-hydrogen) atoms. The van der Waals surface area contributed by atoms with E-state index in [0.29, 0.717) is 17.3 Å². The number of benzene rings is 3. The molecule has 0 spiro atoms. The second-order valence-electron chi connectivity index (χ2n) is 12.5. The van der Waals surface area contributed by atoms with Crippen LogP contribution in [0.1, 0.15) is 84.8 Å². The number of hydrogen-bond donors (Lipinski definition) is 0. The standard InChI is InChI=1S/C21H23N2.C14H20N.Ir/c1-15(2)18-11-8-12-19(16(3)4)20(18)23-14-13-22-21(23)17-9-6-5-7-10-17;1-13(2)10-14(3,4)15(11-13)12-8-6-5-7-9-12;/h5-9,11-16H,1-4H3;5-8H,10-11H2,1-4H3;/q2*-1;. The van der Waals surface area contributed by atoms with Gasteiger partial charge in [0.15, 0.2) is 0 Å². The first kappa shape index (κ1) is 30.9. The van der Waals surface area contributed by atoms with E-state index in [9.17, 15) is 0 Å². The average molecular weight is 698 g/mol. The molecule has 209 valence electrons. The maximum absolute atomic E-state index is 4.60. The molecule has 0 saturated carbocycles. The molecule has 1 aliphatic heterocycles. The number of para-hydroxylation sites is 2. The van der Waals surface area contributed by atoms with Gasteiger partial charge in [-0.1, -0.05) is 65.4 Å². The van der Waals surface area contributed by atoms with E-state index in [2.05, 4.69) is 125 Å². The first-order chi connectivity index (χ1) is 18.0. The molecule has 1 fully saturated rings. The summed E-state index contributed by atoms with van der Waals surface area (Å²) in [5.41, 5.74) is 6.88. The van der Waals surface area contributed by atoms with Crippen molar-refractivity contribution in [2.45, 2.75) is 79.2 Å². The van der Waals surface area contributed by atoms with E-state index in [-0.39, 0.29) is 25.6 Å². The summed E-state index contributed by atoms with van der Waals surface area (Å²) < 4.78 is 2.22. The maximum Gasteiger partial charge on any atom is 0.0602 e. The first-order valence-corrected chi connectivity index (χ1v) is 13.9. The predicted octanol–water partition coefficient (Wildman–Crippen LogP) is 9.09. The van der Waals surface area contributed by atoms with Crippen LogP contribution in [0.15, 0.2) is 79.1 Å². The minimum absolute atomic E-state index is 0. The molecule has 0 bridgehead atoms. The molecule has 4 aromatic rings. The quantitative estimate of drug-likeness (QED) is 0.194. The van der Waals surface area contributed by atoms with Crippen molar-refractivity contribution in [3.8, 4) is 17.1 Å². The summed E-state index contributed by atoms with van der Waals surface area (Å²) in [5, 5.41) is 0. The van der Waals surface area contributed by atoms with E-state index in [1.165, 1.54) is 28.9 Å². The Morgan fingerprint density at radius 1 is 0.795 bits per heavy atom. The first-order valence-electron chi connectivity index (χ1n) is 13.9. The summed E-state index contributed by atoms with van der Waals surface area (Å²) in [6, 6.07) is 29.5. The van der Waals surface area contributed by atoms with Crippen LogP contribution in [0.5, 0.6) is 0 Å². The normalized spacial score (nSPS) is 15.6. The van der Waals surface area contributed by atoms with Crippen LogP contribution in [-0.2, 0) is 20.1 Å². The van der Waals surface area contributed by atoms with Crippen molar-refractivity contribution in [1.29, 1.82) is 0 Å². The zero-order chi connectivity index (χ0) is 27.5. The summed E-state index contributed by atoms with van der Waals surface area (Å²) in [6.07, 6.45) is 5.17. The molecule has 0 aliphatic carbocycles. The third kappa shape index (κ3) is 7.10. The summed E-state index contributed by atoms with van der Waals surface area (Å²) in [6.45, 7) is 19.4. The second kappa shape index (κ2) is 12.7. The smallest absolute Gasteiger partial charge is 0.0602 e. The van der Waals surface area contributed by atoms with E-state index in [4.69, 9.17) is 0 Å². The van der Waals surface area contributed by atoms with Gasteiger partial charge in [-0.3, -0.25) is 4.98 Å². The van der Waals surface area contributed by atoms with Crippen LogP contribution in [0.3, 0.4) is 0 Å². The SMILES string of the molecule is CC(C)c1cccc(C(C)C)c1-n1ccnc1-c1[c-]cccc1.CC1(C)CN(c2[c-]cccc2)C(C)(C)C1.[Ir]. The molecule has 1 aromatic heterocycles. The van der Waals surface area contributed by atoms with Crippen molar-refractivity contribution < 1.29 is 20.1 Å². The van der Waals surface area contributed by atoms with E-state index >= 15 is 0 Å².